The summed E-state index contributed by atoms with van der Waals surface area (Å²) in [6.45, 7) is 4.40. The van der Waals surface area contributed by atoms with Crippen LogP contribution in [0.4, 0.5) is 0 Å². The Morgan fingerprint density at radius 1 is 0.368 bits per heavy atom. The van der Waals surface area contributed by atoms with E-state index in [-0.39, 0.29) is 25.6 Å². The average Bonchev–Trinajstić information content (AvgIpc) is 3.62. The number of phosphoric ester groups is 1. The molecule has 2 atom stereocenters. The molecule has 0 radical (unpaired) electrons. The molecule has 0 aliphatic heterocycles. The number of phosphoric acid groups is 1. The van der Waals surface area contributed by atoms with Gasteiger partial charge in [-0.2, -0.15) is 0 Å². The summed E-state index contributed by atoms with van der Waals surface area (Å²) in [6.07, 6.45) is 89.6. The number of carbonyl (C=O) groups excluding carboxylic acids is 2. The van der Waals surface area contributed by atoms with Crippen LogP contribution in [0, 0.1) is 0 Å². The fraction of sp³-hybridized carbons (Fsp3) is 0.870. The summed E-state index contributed by atoms with van der Waals surface area (Å²) >= 11 is 0. The first-order valence-corrected chi connectivity index (χ1v) is 39.4. The molecule has 0 amide bonds. The Kier molecular flexibility index (Phi) is 66.7. The van der Waals surface area contributed by atoms with Crippen molar-refractivity contribution < 1.29 is 42.1 Å². The van der Waals surface area contributed by atoms with Gasteiger partial charge in [0.05, 0.1) is 27.7 Å². The predicted molar refractivity (Wildman–Crippen MR) is 377 cm³/mol. The lowest BCUT2D eigenvalue weighted by molar-refractivity contribution is -0.870. The van der Waals surface area contributed by atoms with Crippen LogP contribution >= 0.6 is 7.82 Å². The van der Waals surface area contributed by atoms with Gasteiger partial charge in [0.15, 0.2) is 6.10 Å². The van der Waals surface area contributed by atoms with E-state index in [9.17, 15) is 19.0 Å². The van der Waals surface area contributed by atoms with Crippen molar-refractivity contribution >= 4 is 19.8 Å². The molecule has 1 N–H and O–H groups in total. The number of hydrogen-bond acceptors (Lipinski definition) is 7. The molecule has 0 aliphatic rings. The Balaban J connectivity index is 3.94. The van der Waals surface area contributed by atoms with Gasteiger partial charge < -0.3 is 18.9 Å². The number of esters is 2. The van der Waals surface area contributed by atoms with E-state index in [1.54, 1.807) is 0 Å². The molecule has 0 aromatic carbocycles. The second kappa shape index (κ2) is 68.3. The smallest absolute Gasteiger partial charge is 0.462 e. The van der Waals surface area contributed by atoms with Crippen molar-refractivity contribution in [1.82, 2.24) is 0 Å². The molecule has 0 heterocycles. The molecule has 0 aromatic rings. The number of hydrogen-bond donors (Lipinski definition) is 1. The van der Waals surface area contributed by atoms with Crippen LogP contribution in [-0.4, -0.2) is 74.9 Å². The molecule has 0 spiro atoms. The molecule has 0 aromatic heterocycles. The molecule has 0 aliphatic carbocycles. The van der Waals surface area contributed by atoms with E-state index < -0.39 is 26.5 Å². The molecule has 10 heteroatoms. The molecule has 0 rings (SSSR count). The van der Waals surface area contributed by atoms with Gasteiger partial charge >= 0.3 is 19.8 Å². The second-order valence-electron chi connectivity index (χ2n) is 27.0. The lowest BCUT2D eigenvalue weighted by Gasteiger charge is -2.24. The van der Waals surface area contributed by atoms with Crippen LogP contribution in [0.25, 0.3) is 0 Å². The number of ether oxygens (including phenoxy) is 2. The van der Waals surface area contributed by atoms with Crippen molar-refractivity contribution in [1.29, 1.82) is 0 Å². The van der Waals surface area contributed by atoms with Crippen molar-refractivity contribution in [2.24, 2.45) is 0 Å². The number of rotatable bonds is 71. The average molecular weight is 1250 g/mol. The van der Waals surface area contributed by atoms with Crippen LogP contribution in [0.1, 0.15) is 380 Å². The molecule has 0 bridgehead atoms. The molecule has 87 heavy (non-hydrogen) atoms. The van der Waals surface area contributed by atoms with Crippen LogP contribution in [-0.2, 0) is 32.7 Å². The van der Waals surface area contributed by atoms with E-state index in [1.807, 2.05) is 21.1 Å². The van der Waals surface area contributed by atoms with Crippen molar-refractivity contribution in [3.05, 3.63) is 48.6 Å². The fourth-order valence-corrected chi connectivity index (χ4v) is 12.1. The first-order chi connectivity index (χ1) is 42.5. The Labute approximate surface area is 541 Å². The van der Waals surface area contributed by atoms with Gasteiger partial charge in [-0.25, -0.2) is 4.57 Å². The number of carbonyl (C=O) groups is 2. The predicted octanol–water partition coefficient (Wildman–Crippen LogP) is 24.8. The van der Waals surface area contributed by atoms with Gasteiger partial charge in [0, 0.05) is 12.8 Å². The minimum atomic E-state index is -4.39. The summed E-state index contributed by atoms with van der Waals surface area (Å²) in [5.74, 6) is -0.774. The van der Waals surface area contributed by atoms with Gasteiger partial charge in [0.25, 0.3) is 0 Å². The van der Waals surface area contributed by atoms with E-state index in [0.29, 0.717) is 23.9 Å². The van der Waals surface area contributed by atoms with Crippen LogP contribution in [0.5, 0.6) is 0 Å². The zero-order valence-electron chi connectivity index (χ0n) is 58.5. The number of quaternary nitrogens is 1. The van der Waals surface area contributed by atoms with Crippen LogP contribution in [0.15, 0.2) is 48.6 Å². The first kappa shape index (κ1) is 85.0. The number of nitrogens with zero attached hydrogens (tertiary/aromatic N) is 1. The summed E-state index contributed by atoms with van der Waals surface area (Å²) in [7, 11) is 1.50. The van der Waals surface area contributed by atoms with E-state index in [1.165, 1.54) is 289 Å². The maximum absolute atomic E-state index is 12.9. The minimum absolute atomic E-state index is 0.0343. The number of unbranched alkanes of at least 4 members (excludes halogenated alkanes) is 49. The van der Waals surface area contributed by atoms with E-state index in [4.69, 9.17) is 18.5 Å². The van der Waals surface area contributed by atoms with Crippen molar-refractivity contribution in [3.8, 4) is 0 Å². The molecule has 2 unspecified atom stereocenters. The SMILES string of the molecule is CC/C=C\C/C=C\C/C=C\C/C=C\CCCCCCCCCCCCCCCCCCCCC(=O)OC(COC(=O)CCCCCCCCCCCCCCCCCCCCCCCCCCCCCCCCCC)COP(=O)(O)OCC[N+](C)(C)C. The summed E-state index contributed by atoms with van der Waals surface area (Å²) in [5.41, 5.74) is 0. The van der Waals surface area contributed by atoms with E-state index >= 15 is 0 Å². The highest BCUT2D eigenvalue weighted by Gasteiger charge is 2.27. The highest BCUT2D eigenvalue weighted by Crippen LogP contribution is 2.43. The zero-order chi connectivity index (χ0) is 63.4. The standard InChI is InChI=1S/C77H146NO8P/c1-6-8-10-12-14-16-18-20-22-24-26-28-30-32-34-36-38-40-41-43-45-47-49-51-53-55-57-59-61-63-65-67-69-76(79)83-73-75(74-85-87(81,82)84-72-71-78(3,4)5)86-77(80)70-68-66-64-62-60-58-56-54-52-50-48-46-44-42-39-37-35-33-31-29-27-25-23-21-19-17-15-13-11-9-7-2/h9,11,15,17,21,23,27,29,75H,6-8,10,12-14,16,18-20,22,24-26,28,30-74H2,1-5H3/p+1/b11-9-,17-15-,23-21-,29-27-. The van der Waals surface area contributed by atoms with Gasteiger partial charge in [-0.05, 0) is 51.4 Å². The van der Waals surface area contributed by atoms with Gasteiger partial charge in [0.1, 0.15) is 19.8 Å². The summed E-state index contributed by atoms with van der Waals surface area (Å²) in [6, 6.07) is 0. The Bertz CT molecular complexity index is 1610. The second-order valence-corrected chi connectivity index (χ2v) is 28.5. The molecule has 9 nitrogen and oxygen atoms in total. The molecular weight excluding hydrogens is 1100 g/mol. The highest BCUT2D eigenvalue weighted by atomic mass is 31.2. The molecule has 0 saturated heterocycles. The van der Waals surface area contributed by atoms with Gasteiger partial charge in [-0.15, -0.1) is 0 Å². The normalized spacial score (nSPS) is 13.3. The van der Waals surface area contributed by atoms with E-state index in [0.717, 1.165) is 57.8 Å². The summed E-state index contributed by atoms with van der Waals surface area (Å²) < 4.78 is 34.8. The topological polar surface area (TPSA) is 108 Å². The third kappa shape index (κ3) is 72.9. The monoisotopic (exact) mass is 1250 g/mol. The molecular formula is C77H147NO8P+. The third-order valence-electron chi connectivity index (χ3n) is 17.1. The first-order valence-electron chi connectivity index (χ1n) is 37.9. The quantitative estimate of drug-likeness (QED) is 0.0211. The number of likely N-dealkylation sites (N-methyl/N-ethyl adjacent to an activating group) is 1. The summed E-state index contributed by atoms with van der Waals surface area (Å²) in [4.78, 5) is 35.9. The van der Waals surface area contributed by atoms with Gasteiger partial charge in [0.2, 0.25) is 0 Å². The Hall–Kier alpha value is -2.03. The lowest BCUT2D eigenvalue weighted by Crippen LogP contribution is -2.37. The molecule has 512 valence electrons. The van der Waals surface area contributed by atoms with Crippen LogP contribution in [0.3, 0.4) is 0 Å². The van der Waals surface area contributed by atoms with Crippen molar-refractivity contribution in [3.63, 3.8) is 0 Å². The summed E-state index contributed by atoms with van der Waals surface area (Å²) in [5, 5.41) is 0. The van der Waals surface area contributed by atoms with Gasteiger partial charge in [-0.1, -0.05) is 364 Å². The highest BCUT2D eigenvalue weighted by molar-refractivity contribution is 7.47. The maximum Gasteiger partial charge on any atom is 0.472 e. The van der Waals surface area contributed by atoms with Gasteiger partial charge in [-0.3, -0.25) is 18.6 Å². The third-order valence-corrected chi connectivity index (χ3v) is 18.1. The Morgan fingerprint density at radius 3 is 0.977 bits per heavy atom. The largest absolute Gasteiger partial charge is 0.472 e. The van der Waals surface area contributed by atoms with Crippen LogP contribution in [0.2, 0.25) is 0 Å². The molecule has 0 saturated carbocycles. The lowest BCUT2D eigenvalue weighted by atomic mass is 10.0. The zero-order valence-corrected chi connectivity index (χ0v) is 59.4. The fourth-order valence-electron chi connectivity index (χ4n) is 11.4. The maximum atomic E-state index is 12.9. The van der Waals surface area contributed by atoms with E-state index in [2.05, 4.69) is 62.5 Å². The Morgan fingerprint density at radius 2 is 0.655 bits per heavy atom. The van der Waals surface area contributed by atoms with Crippen molar-refractivity contribution in [2.45, 2.75) is 386 Å². The van der Waals surface area contributed by atoms with Crippen molar-refractivity contribution in [2.75, 3.05) is 47.5 Å². The van der Waals surface area contributed by atoms with Crippen LogP contribution < -0.4 is 0 Å². The minimum Gasteiger partial charge on any atom is -0.462 e. The molecule has 0 fully saturated rings. The number of allylic oxidation sites excluding steroid dienone is 8.